The van der Waals surface area contributed by atoms with Gasteiger partial charge in [-0.15, -0.1) is 0 Å². The second-order valence-electron chi connectivity index (χ2n) is 6.26. The molecule has 0 saturated carbocycles. The van der Waals surface area contributed by atoms with Crippen LogP contribution in [0.1, 0.15) is 15.9 Å². The Bertz CT molecular complexity index is 1150. The fourth-order valence-corrected chi connectivity index (χ4v) is 2.93. The van der Waals surface area contributed by atoms with Crippen molar-refractivity contribution in [2.24, 2.45) is 0 Å². The number of nitrogens with one attached hydrogen (secondary N) is 1. The average Bonchev–Trinajstić information content (AvgIpc) is 3.15. The van der Waals surface area contributed by atoms with Gasteiger partial charge in [-0.3, -0.25) is 19.1 Å². The summed E-state index contributed by atoms with van der Waals surface area (Å²) in [6, 6.07) is 13.0. The summed E-state index contributed by atoms with van der Waals surface area (Å²) in [5.41, 5.74) is 1.94. The van der Waals surface area contributed by atoms with E-state index < -0.39 is 0 Å². The molecule has 0 bridgehead atoms. The van der Waals surface area contributed by atoms with Crippen LogP contribution in [0.5, 0.6) is 0 Å². The molecule has 0 atom stereocenters. The number of hydrogen-bond donors (Lipinski definition) is 1. The molecule has 8 nitrogen and oxygen atoms in total. The van der Waals surface area contributed by atoms with Crippen molar-refractivity contribution >= 4 is 16.9 Å². The zero-order valence-corrected chi connectivity index (χ0v) is 15.0. The highest BCUT2D eigenvalue weighted by molar-refractivity contribution is 5.93. The van der Waals surface area contributed by atoms with Crippen LogP contribution in [0.3, 0.4) is 0 Å². The first-order chi connectivity index (χ1) is 13.7. The zero-order valence-electron chi connectivity index (χ0n) is 15.0. The molecule has 0 aliphatic heterocycles. The van der Waals surface area contributed by atoms with Gasteiger partial charge in [0, 0.05) is 24.5 Å². The van der Waals surface area contributed by atoms with Gasteiger partial charge >= 0.3 is 0 Å². The van der Waals surface area contributed by atoms with Crippen molar-refractivity contribution in [2.45, 2.75) is 13.1 Å². The number of pyridine rings is 1. The van der Waals surface area contributed by atoms with E-state index in [0.29, 0.717) is 36.2 Å². The van der Waals surface area contributed by atoms with Gasteiger partial charge < -0.3 is 5.32 Å². The number of carbonyl (C=O) groups is 1. The molecular formula is C20H18N6O2. The van der Waals surface area contributed by atoms with E-state index in [9.17, 15) is 9.59 Å². The van der Waals surface area contributed by atoms with E-state index in [4.69, 9.17) is 0 Å². The van der Waals surface area contributed by atoms with Gasteiger partial charge in [0.2, 0.25) is 0 Å². The first kappa shape index (κ1) is 17.6. The number of carbonyl (C=O) groups excluding carboxylic acids is 1. The van der Waals surface area contributed by atoms with Crippen molar-refractivity contribution < 1.29 is 4.79 Å². The molecule has 3 aromatic heterocycles. The van der Waals surface area contributed by atoms with Gasteiger partial charge in [0.15, 0.2) is 5.65 Å². The maximum atomic E-state index is 12.7. The number of aromatic nitrogens is 5. The molecule has 8 heteroatoms. The van der Waals surface area contributed by atoms with Crippen LogP contribution in [-0.4, -0.2) is 36.8 Å². The molecule has 140 valence electrons. The smallest absolute Gasteiger partial charge is 0.264 e. The van der Waals surface area contributed by atoms with Crippen molar-refractivity contribution in [1.29, 1.82) is 0 Å². The van der Waals surface area contributed by atoms with Gasteiger partial charge in [0.1, 0.15) is 11.7 Å². The monoisotopic (exact) mass is 374 g/mol. The largest absolute Gasteiger partial charge is 0.350 e. The number of benzene rings is 1. The van der Waals surface area contributed by atoms with Crippen LogP contribution in [0.25, 0.3) is 11.0 Å². The van der Waals surface area contributed by atoms with E-state index >= 15 is 0 Å². The third-order valence-corrected chi connectivity index (χ3v) is 4.37. The predicted octanol–water partition coefficient (Wildman–Crippen LogP) is 1.47. The van der Waals surface area contributed by atoms with Crippen molar-refractivity contribution in [2.75, 3.05) is 6.54 Å². The lowest BCUT2D eigenvalue weighted by molar-refractivity contribution is 0.0952. The molecule has 0 radical (unpaired) electrons. The summed E-state index contributed by atoms with van der Waals surface area (Å²) in [5.74, 6) is -0.183. The Morgan fingerprint density at radius 2 is 1.86 bits per heavy atom. The summed E-state index contributed by atoms with van der Waals surface area (Å²) in [6.07, 6.45) is 6.20. The minimum Gasteiger partial charge on any atom is -0.350 e. The Morgan fingerprint density at radius 3 is 2.64 bits per heavy atom. The Morgan fingerprint density at radius 1 is 1.07 bits per heavy atom. The quantitative estimate of drug-likeness (QED) is 0.551. The lowest BCUT2D eigenvalue weighted by Crippen LogP contribution is -2.27. The van der Waals surface area contributed by atoms with Crippen LogP contribution in [0, 0.1) is 0 Å². The molecular weight excluding hydrogens is 356 g/mol. The van der Waals surface area contributed by atoms with Gasteiger partial charge in [-0.05, 0) is 17.7 Å². The third kappa shape index (κ3) is 3.66. The lowest BCUT2D eigenvalue weighted by atomic mass is 10.2. The molecule has 1 amide bonds. The highest BCUT2D eigenvalue weighted by atomic mass is 16.1. The van der Waals surface area contributed by atoms with Crippen LogP contribution in [0.15, 0.2) is 72.2 Å². The Hall–Kier alpha value is -3.81. The second-order valence-corrected chi connectivity index (χ2v) is 6.26. The van der Waals surface area contributed by atoms with Crippen molar-refractivity contribution in [3.05, 3.63) is 88.9 Å². The maximum Gasteiger partial charge on any atom is 0.264 e. The van der Waals surface area contributed by atoms with E-state index in [-0.39, 0.29) is 11.5 Å². The molecule has 28 heavy (non-hydrogen) atoms. The summed E-state index contributed by atoms with van der Waals surface area (Å²) in [5, 5.41) is 7.53. The van der Waals surface area contributed by atoms with Gasteiger partial charge in [-0.1, -0.05) is 30.3 Å². The van der Waals surface area contributed by atoms with Crippen LogP contribution in [0.2, 0.25) is 0 Å². The molecule has 3 heterocycles. The maximum absolute atomic E-state index is 12.7. The van der Waals surface area contributed by atoms with Crippen molar-refractivity contribution in [3.63, 3.8) is 0 Å². The number of rotatable bonds is 6. The second kappa shape index (κ2) is 7.83. The number of fused-ring (bicyclic) bond motifs is 1. The molecule has 4 aromatic rings. The van der Waals surface area contributed by atoms with Crippen LogP contribution < -0.4 is 10.9 Å². The van der Waals surface area contributed by atoms with E-state index in [1.54, 1.807) is 33.8 Å². The Kier molecular flexibility index (Phi) is 4.92. The Balaban J connectivity index is 1.46. The third-order valence-electron chi connectivity index (χ3n) is 4.37. The molecule has 1 aromatic carbocycles. The topological polar surface area (TPSA) is 94.7 Å². The normalized spacial score (nSPS) is 10.9. The fourth-order valence-electron chi connectivity index (χ4n) is 2.93. The summed E-state index contributed by atoms with van der Waals surface area (Å²) >= 11 is 0. The molecule has 0 saturated heterocycles. The fraction of sp³-hybridized carbons (Fsp3) is 0.150. The van der Waals surface area contributed by atoms with Crippen LogP contribution >= 0.6 is 0 Å². The van der Waals surface area contributed by atoms with Gasteiger partial charge in [-0.25, -0.2) is 9.67 Å². The minimum absolute atomic E-state index is 0.138. The Labute approximate surface area is 160 Å². The van der Waals surface area contributed by atoms with E-state index in [2.05, 4.69) is 20.4 Å². The predicted molar refractivity (Wildman–Crippen MR) is 104 cm³/mol. The number of hydrogen-bond acceptors (Lipinski definition) is 5. The zero-order chi connectivity index (χ0) is 19.3. The molecule has 1 N–H and O–H groups in total. The highest BCUT2D eigenvalue weighted by Gasteiger charge is 2.11. The number of amides is 1. The first-order valence-electron chi connectivity index (χ1n) is 8.85. The summed E-state index contributed by atoms with van der Waals surface area (Å²) in [7, 11) is 0. The van der Waals surface area contributed by atoms with E-state index in [1.165, 1.54) is 12.5 Å². The van der Waals surface area contributed by atoms with Crippen LogP contribution in [-0.2, 0) is 13.1 Å². The molecule has 0 aliphatic carbocycles. The molecule has 0 aliphatic rings. The first-order valence-corrected chi connectivity index (χ1v) is 8.85. The van der Waals surface area contributed by atoms with Gasteiger partial charge in [0.25, 0.3) is 11.5 Å². The van der Waals surface area contributed by atoms with E-state index in [0.717, 1.165) is 5.56 Å². The van der Waals surface area contributed by atoms with Gasteiger partial charge in [0.05, 0.1) is 19.3 Å². The molecule has 0 spiro atoms. The van der Waals surface area contributed by atoms with Crippen LogP contribution in [0.4, 0.5) is 0 Å². The summed E-state index contributed by atoms with van der Waals surface area (Å²) in [4.78, 5) is 33.1. The molecule has 4 rings (SSSR count). The molecule has 0 fully saturated rings. The van der Waals surface area contributed by atoms with Crippen molar-refractivity contribution in [1.82, 2.24) is 29.6 Å². The number of nitrogens with zero attached hydrogens (tertiary/aromatic N) is 5. The summed E-state index contributed by atoms with van der Waals surface area (Å²) in [6.45, 7) is 1.23. The summed E-state index contributed by atoms with van der Waals surface area (Å²) < 4.78 is 3.19. The SMILES string of the molecule is O=C(NCCn1ncc2c(=O)n(Cc3ccccc3)cnc21)c1ccncc1. The van der Waals surface area contributed by atoms with Gasteiger partial charge in [-0.2, -0.15) is 5.10 Å². The standard InChI is InChI=1S/C20H18N6O2/c27-19(16-6-8-21-9-7-16)22-10-11-26-18-17(12-24-26)20(28)25(14-23-18)13-15-4-2-1-3-5-15/h1-9,12,14H,10-11,13H2,(H,22,27). The lowest BCUT2D eigenvalue weighted by Gasteiger charge is -2.07. The molecule has 0 unspecified atom stereocenters. The van der Waals surface area contributed by atoms with E-state index in [1.807, 2.05) is 30.3 Å². The highest BCUT2D eigenvalue weighted by Crippen LogP contribution is 2.07. The minimum atomic E-state index is -0.183. The average molecular weight is 374 g/mol. The van der Waals surface area contributed by atoms with Crippen molar-refractivity contribution in [3.8, 4) is 0 Å².